The minimum Gasteiger partial charge on any atom is -0.378 e. The van der Waals surface area contributed by atoms with E-state index in [9.17, 15) is 4.39 Å². The van der Waals surface area contributed by atoms with Crippen LogP contribution in [0, 0.1) is 5.82 Å². The number of aromatic nitrogens is 2. The molecule has 5 rings (SSSR count). The van der Waals surface area contributed by atoms with Crippen molar-refractivity contribution in [2.45, 2.75) is 6.54 Å². The second-order valence-corrected chi connectivity index (χ2v) is 9.57. The summed E-state index contributed by atoms with van der Waals surface area (Å²) in [7, 11) is 0. The molecule has 0 saturated carbocycles. The maximum Gasteiger partial charge on any atom is 0.226 e. The fraction of sp³-hybridized carbons (Fsp3) is 0.455. The number of halogens is 1. The molecule has 2 aliphatic rings. The van der Waals surface area contributed by atoms with Crippen molar-refractivity contribution < 1.29 is 9.13 Å². The lowest BCUT2D eigenvalue weighted by molar-refractivity contribution is 0.122. The smallest absolute Gasteiger partial charge is 0.226 e. The Morgan fingerprint density at radius 2 is 1.77 bits per heavy atom. The molecule has 31 heavy (non-hydrogen) atoms. The fourth-order valence-corrected chi connectivity index (χ4v) is 5.62. The summed E-state index contributed by atoms with van der Waals surface area (Å²) >= 11 is 3.51. The van der Waals surface area contributed by atoms with E-state index in [2.05, 4.69) is 25.7 Å². The summed E-state index contributed by atoms with van der Waals surface area (Å²) in [5, 5.41) is 2.22. The van der Waals surface area contributed by atoms with Gasteiger partial charge in [0.05, 0.1) is 29.1 Å². The lowest BCUT2D eigenvalue weighted by Crippen LogP contribution is -2.42. The quantitative estimate of drug-likeness (QED) is 0.539. The van der Waals surface area contributed by atoms with Crippen molar-refractivity contribution in [2.24, 2.45) is 0 Å². The van der Waals surface area contributed by atoms with Gasteiger partial charge in [-0.3, -0.25) is 4.90 Å². The number of nitrogens with zero attached hydrogens (tertiary/aromatic N) is 5. The summed E-state index contributed by atoms with van der Waals surface area (Å²) in [5.74, 6) is 0.501. The van der Waals surface area contributed by atoms with Crippen LogP contribution >= 0.6 is 23.3 Å². The topological polar surface area (TPSA) is 44.7 Å². The molecule has 0 N–H and O–H groups in total. The molecule has 0 aliphatic carbocycles. The van der Waals surface area contributed by atoms with Crippen molar-refractivity contribution in [1.82, 2.24) is 19.2 Å². The average Bonchev–Trinajstić information content (AvgIpc) is 3.23. The van der Waals surface area contributed by atoms with Crippen molar-refractivity contribution >= 4 is 39.4 Å². The SMILES string of the molecule is CSN1CCN(Cc2csc3c(-c4ccc(F)cc4)nc(N4CCOCC4)nc23)CC1. The molecule has 9 heteroatoms. The number of anilines is 1. The first-order valence-corrected chi connectivity index (χ1v) is 12.7. The van der Waals surface area contributed by atoms with E-state index in [4.69, 9.17) is 14.7 Å². The normalized spacial score (nSPS) is 18.7. The van der Waals surface area contributed by atoms with Crippen LogP contribution < -0.4 is 4.90 Å². The predicted octanol–water partition coefficient (Wildman–Crippen LogP) is 3.73. The molecular weight excluding hydrogens is 433 g/mol. The minimum atomic E-state index is -0.237. The standard InChI is InChI=1S/C22H26FN5OS2/c1-30-28-8-6-26(7-9-28)14-17-15-31-21-19(16-2-4-18(23)5-3-16)24-22(25-20(17)21)27-10-12-29-13-11-27/h2-5,15H,6-14H2,1H3. The van der Waals surface area contributed by atoms with E-state index >= 15 is 0 Å². The van der Waals surface area contributed by atoms with Crippen molar-refractivity contribution in [1.29, 1.82) is 0 Å². The predicted molar refractivity (Wildman–Crippen MR) is 126 cm³/mol. The van der Waals surface area contributed by atoms with Gasteiger partial charge in [0, 0.05) is 56.9 Å². The van der Waals surface area contributed by atoms with Gasteiger partial charge in [-0.25, -0.2) is 18.7 Å². The molecule has 0 radical (unpaired) electrons. The van der Waals surface area contributed by atoms with Crippen LogP contribution in [0.1, 0.15) is 5.56 Å². The highest BCUT2D eigenvalue weighted by Crippen LogP contribution is 2.35. The van der Waals surface area contributed by atoms with Gasteiger partial charge in [0.25, 0.3) is 0 Å². The molecule has 0 unspecified atom stereocenters. The number of fused-ring (bicyclic) bond motifs is 1. The first-order chi connectivity index (χ1) is 15.2. The van der Waals surface area contributed by atoms with Gasteiger partial charge in [-0.1, -0.05) is 11.9 Å². The Kier molecular flexibility index (Phi) is 6.38. The van der Waals surface area contributed by atoms with E-state index in [0.29, 0.717) is 13.2 Å². The van der Waals surface area contributed by atoms with Gasteiger partial charge < -0.3 is 9.64 Å². The highest BCUT2D eigenvalue weighted by Gasteiger charge is 2.22. The number of ether oxygens (including phenoxy) is 1. The summed E-state index contributed by atoms with van der Waals surface area (Å²) in [5.41, 5.74) is 4.08. The van der Waals surface area contributed by atoms with E-state index < -0.39 is 0 Å². The minimum absolute atomic E-state index is 0.237. The molecule has 2 aliphatic heterocycles. The van der Waals surface area contributed by atoms with E-state index in [1.807, 2.05) is 11.9 Å². The molecule has 2 saturated heterocycles. The molecule has 0 bridgehead atoms. The summed E-state index contributed by atoms with van der Waals surface area (Å²) in [6.07, 6.45) is 2.14. The molecule has 0 spiro atoms. The van der Waals surface area contributed by atoms with Gasteiger partial charge in [-0.05, 0) is 35.9 Å². The molecule has 4 heterocycles. The van der Waals surface area contributed by atoms with Crippen LogP contribution in [0.4, 0.5) is 10.3 Å². The molecule has 2 aromatic heterocycles. The lowest BCUT2D eigenvalue weighted by Gasteiger charge is -2.33. The number of piperazine rings is 1. The van der Waals surface area contributed by atoms with Crippen LogP contribution in [0.15, 0.2) is 29.6 Å². The molecule has 1 aromatic carbocycles. The van der Waals surface area contributed by atoms with Crippen molar-refractivity contribution in [2.75, 3.05) is 63.6 Å². The zero-order chi connectivity index (χ0) is 21.2. The third kappa shape index (κ3) is 4.56. The van der Waals surface area contributed by atoms with E-state index in [1.54, 1.807) is 23.5 Å². The van der Waals surface area contributed by atoms with Crippen LogP contribution in [0.25, 0.3) is 21.5 Å². The van der Waals surface area contributed by atoms with Crippen molar-refractivity contribution in [3.8, 4) is 11.3 Å². The number of rotatable bonds is 5. The average molecular weight is 460 g/mol. The molecule has 0 amide bonds. The summed E-state index contributed by atoms with van der Waals surface area (Å²) in [4.78, 5) is 14.6. The molecule has 0 atom stereocenters. The number of thiophene rings is 1. The number of hydrogen-bond donors (Lipinski definition) is 0. The highest BCUT2D eigenvalue weighted by atomic mass is 32.2. The van der Waals surface area contributed by atoms with Crippen molar-refractivity contribution in [3.05, 3.63) is 41.0 Å². The summed E-state index contributed by atoms with van der Waals surface area (Å²) in [6, 6.07) is 6.61. The van der Waals surface area contributed by atoms with Gasteiger partial charge in [0.1, 0.15) is 5.82 Å². The Labute approximate surface area is 190 Å². The highest BCUT2D eigenvalue weighted by molar-refractivity contribution is 7.96. The van der Waals surface area contributed by atoms with Crippen molar-refractivity contribution in [3.63, 3.8) is 0 Å². The van der Waals surface area contributed by atoms with Crippen LogP contribution in [0.5, 0.6) is 0 Å². The Morgan fingerprint density at radius 3 is 2.48 bits per heavy atom. The molecule has 6 nitrogen and oxygen atoms in total. The van der Waals surface area contributed by atoms with Crippen LogP contribution in [0.2, 0.25) is 0 Å². The Balaban J connectivity index is 1.52. The fourth-order valence-electron chi connectivity index (χ4n) is 4.09. The lowest BCUT2D eigenvalue weighted by atomic mass is 10.1. The molecular formula is C22H26FN5OS2. The van der Waals surface area contributed by atoms with Gasteiger partial charge in [-0.15, -0.1) is 11.3 Å². The Morgan fingerprint density at radius 1 is 1.03 bits per heavy atom. The largest absolute Gasteiger partial charge is 0.378 e. The van der Waals surface area contributed by atoms with E-state index in [1.165, 1.54) is 17.7 Å². The van der Waals surface area contributed by atoms with E-state index in [0.717, 1.165) is 73.2 Å². The molecule has 2 fully saturated rings. The maximum atomic E-state index is 13.5. The molecule has 164 valence electrons. The summed E-state index contributed by atoms with van der Waals surface area (Å²) in [6.45, 7) is 8.11. The monoisotopic (exact) mass is 459 g/mol. The summed E-state index contributed by atoms with van der Waals surface area (Å²) < 4.78 is 22.5. The Hall–Kier alpha value is -1.78. The third-order valence-corrected chi connectivity index (χ3v) is 7.78. The second kappa shape index (κ2) is 9.38. The second-order valence-electron chi connectivity index (χ2n) is 7.80. The zero-order valence-corrected chi connectivity index (χ0v) is 19.2. The first-order valence-electron chi connectivity index (χ1n) is 10.6. The van der Waals surface area contributed by atoms with Gasteiger partial charge in [-0.2, -0.15) is 0 Å². The van der Waals surface area contributed by atoms with Crippen LogP contribution in [0.3, 0.4) is 0 Å². The zero-order valence-electron chi connectivity index (χ0n) is 17.6. The number of morpholine rings is 1. The van der Waals surface area contributed by atoms with Gasteiger partial charge in [0.2, 0.25) is 5.95 Å². The van der Waals surface area contributed by atoms with Crippen LogP contribution in [-0.4, -0.2) is 77.9 Å². The van der Waals surface area contributed by atoms with E-state index in [-0.39, 0.29) is 5.82 Å². The third-order valence-electron chi connectivity index (χ3n) is 5.87. The first kappa shape index (κ1) is 21.1. The maximum absolute atomic E-state index is 13.5. The molecule has 3 aromatic rings. The van der Waals surface area contributed by atoms with Gasteiger partial charge >= 0.3 is 0 Å². The Bertz CT molecular complexity index is 1030. The van der Waals surface area contributed by atoms with Gasteiger partial charge in [0.15, 0.2) is 0 Å². The number of hydrogen-bond acceptors (Lipinski definition) is 8. The number of benzene rings is 1. The van der Waals surface area contributed by atoms with Crippen LogP contribution in [-0.2, 0) is 11.3 Å².